The van der Waals surface area contributed by atoms with Crippen molar-refractivity contribution >= 4 is 12.0 Å². The fraction of sp³-hybridized carbons (Fsp3) is 0.365. The van der Waals surface area contributed by atoms with Crippen LogP contribution in [0, 0.1) is 23.7 Å². The molecule has 0 amide bonds. The minimum absolute atomic E-state index is 0.0224. The molecule has 6 aliphatic rings. The SMILES string of the molecule is CNC1C=Cc2c(c(O)cc3c2C2Oc4c(ccc5c4C4(CCC(C4)C(CCc4ccccc4)C4=C(C#CC3)NC(N)C=C4)Cc3cc(O)cc(OC)c3-5)C2COC(C)=O)OC1. The van der Waals surface area contributed by atoms with Gasteiger partial charge in [0.2, 0.25) is 0 Å². The molecule has 4 aliphatic heterocycles. The van der Waals surface area contributed by atoms with Crippen LogP contribution in [0.15, 0.2) is 90.2 Å². The topological polar surface area (TPSA) is 145 Å². The number of dihydropyridines is 1. The quantitative estimate of drug-likeness (QED) is 0.0931. The van der Waals surface area contributed by atoms with Gasteiger partial charge in [0.15, 0.2) is 11.5 Å². The summed E-state index contributed by atoms with van der Waals surface area (Å²) in [5.74, 6) is 8.71. The van der Waals surface area contributed by atoms with Crippen LogP contribution >= 0.6 is 0 Å². The molecule has 7 atom stereocenters. The van der Waals surface area contributed by atoms with Gasteiger partial charge in [-0.05, 0) is 109 Å². The van der Waals surface area contributed by atoms with Crippen LogP contribution in [0.5, 0.6) is 28.7 Å². The molecule has 4 aromatic carbocycles. The Hall–Kier alpha value is -6.15. The lowest BCUT2D eigenvalue weighted by Crippen LogP contribution is -2.38. The van der Waals surface area contributed by atoms with Gasteiger partial charge in [-0.3, -0.25) is 4.79 Å². The van der Waals surface area contributed by atoms with E-state index in [9.17, 15) is 15.0 Å². The lowest BCUT2D eigenvalue weighted by molar-refractivity contribution is -0.141. The number of nitrogens with one attached hydrogen (secondary N) is 2. The highest BCUT2D eigenvalue weighted by Crippen LogP contribution is 2.64. The van der Waals surface area contributed by atoms with Crippen LogP contribution in [0.4, 0.5) is 0 Å². The predicted octanol–water partition coefficient (Wildman–Crippen LogP) is 7.65. The number of ether oxygens (including phenoxy) is 4. The van der Waals surface area contributed by atoms with Gasteiger partial charge < -0.3 is 45.5 Å². The third kappa shape index (κ3) is 6.88. The molecule has 318 valence electrons. The number of rotatable bonds is 7. The van der Waals surface area contributed by atoms with Gasteiger partial charge in [-0.25, -0.2) is 0 Å². The van der Waals surface area contributed by atoms with Crippen LogP contribution in [-0.2, 0) is 34.2 Å². The van der Waals surface area contributed by atoms with Gasteiger partial charge in [0.1, 0.15) is 36.6 Å². The van der Waals surface area contributed by atoms with Crippen molar-refractivity contribution in [2.45, 2.75) is 81.5 Å². The number of hydrogen-bond acceptors (Lipinski definition) is 10. The number of esters is 1. The van der Waals surface area contributed by atoms with E-state index >= 15 is 0 Å². The highest BCUT2D eigenvalue weighted by molar-refractivity contribution is 5.84. The normalized spacial score (nSPS) is 26.1. The Kier molecular flexibility index (Phi) is 10.3. The highest BCUT2D eigenvalue weighted by atomic mass is 16.5. The maximum absolute atomic E-state index is 12.6. The van der Waals surface area contributed by atoms with Crippen LogP contribution < -0.4 is 30.6 Å². The Morgan fingerprint density at radius 2 is 1.90 bits per heavy atom. The van der Waals surface area contributed by atoms with Crippen LogP contribution in [0.25, 0.3) is 17.2 Å². The third-order valence-electron chi connectivity index (χ3n) is 14.1. The zero-order valence-electron chi connectivity index (χ0n) is 35.4. The Labute approximate surface area is 362 Å². The lowest BCUT2D eigenvalue weighted by atomic mass is 9.64. The molecule has 6 N–H and O–H groups in total. The molecule has 4 heterocycles. The summed E-state index contributed by atoms with van der Waals surface area (Å²) in [7, 11) is 3.53. The maximum atomic E-state index is 12.6. The molecule has 1 saturated carbocycles. The molecule has 0 saturated heterocycles. The van der Waals surface area contributed by atoms with Crippen molar-refractivity contribution in [3.63, 3.8) is 0 Å². The van der Waals surface area contributed by atoms with E-state index in [1.807, 2.05) is 25.3 Å². The molecule has 4 aromatic rings. The zero-order valence-corrected chi connectivity index (χ0v) is 35.4. The smallest absolute Gasteiger partial charge is 0.302 e. The van der Waals surface area contributed by atoms with Crippen LogP contribution in [0.1, 0.15) is 83.6 Å². The van der Waals surface area contributed by atoms with Crippen LogP contribution in [-0.4, -0.2) is 55.8 Å². The second-order valence-electron chi connectivity index (χ2n) is 17.7. The predicted molar refractivity (Wildman–Crippen MR) is 238 cm³/mol. The first-order valence-corrected chi connectivity index (χ1v) is 21.9. The number of methoxy groups -OCH3 is 1. The van der Waals surface area contributed by atoms with Gasteiger partial charge in [-0.15, -0.1) is 0 Å². The fourth-order valence-electron chi connectivity index (χ4n) is 11.4. The number of phenolic OH excluding ortho intramolecular Hbond substituents is 2. The largest absolute Gasteiger partial charge is 0.508 e. The number of phenols is 2. The maximum Gasteiger partial charge on any atom is 0.302 e. The summed E-state index contributed by atoms with van der Waals surface area (Å²) >= 11 is 0. The van der Waals surface area contributed by atoms with Crippen LogP contribution in [0.2, 0.25) is 0 Å². The van der Waals surface area contributed by atoms with E-state index < -0.39 is 12.0 Å². The summed E-state index contributed by atoms with van der Waals surface area (Å²) in [6.45, 7) is 1.85. The number of benzene rings is 4. The zero-order chi connectivity index (χ0) is 42.7. The number of fused-ring (bicyclic) bond motifs is 8. The number of allylic oxidation sites excluding steroid dienone is 3. The van der Waals surface area contributed by atoms with E-state index in [0.29, 0.717) is 36.5 Å². The molecule has 0 aromatic heterocycles. The van der Waals surface area contributed by atoms with E-state index in [4.69, 9.17) is 24.7 Å². The van der Waals surface area contributed by atoms with E-state index in [2.05, 4.69) is 77.1 Å². The molecule has 4 bridgehead atoms. The molecule has 10 rings (SSSR count). The lowest BCUT2D eigenvalue weighted by Gasteiger charge is -2.40. The summed E-state index contributed by atoms with van der Waals surface area (Å²) in [4.78, 5) is 12.6. The summed E-state index contributed by atoms with van der Waals surface area (Å²) in [5, 5.41) is 29.6. The first-order valence-electron chi connectivity index (χ1n) is 21.9. The van der Waals surface area contributed by atoms with Gasteiger partial charge in [0, 0.05) is 52.6 Å². The fourth-order valence-corrected chi connectivity index (χ4v) is 11.4. The monoisotopic (exact) mass is 831 g/mol. The molecule has 10 nitrogen and oxygen atoms in total. The highest BCUT2D eigenvalue weighted by Gasteiger charge is 2.52. The van der Waals surface area contributed by atoms with Crippen molar-refractivity contribution in [1.82, 2.24) is 10.6 Å². The number of aromatic hydroxyl groups is 2. The average Bonchev–Trinajstić information content (AvgIpc) is 3.76. The Morgan fingerprint density at radius 1 is 1.05 bits per heavy atom. The van der Waals surface area contributed by atoms with Crippen molar-refractivity contribution in [3.05, 3.63) is 129 Å². The van der Waals surface area contributed by atoms with Crippen molar-refractivity contribution in [3.8, 4) is 51.7 Å². The molecule has 7 unspecified atom stereocenters. The Morgan fingerprint density at radius 3 is 2.71 bits per heavy atom. The van der Waals surface area contributed by atoms with E-state index in [-0.39, 0.29) is 53.5 Å². The number of nitrogens with two attached hydrogens (primary N) is 1. The number of aryl methyl sites for hydroxylation is 1. The summed E-state index contributed by atoms with van der Waals surface area (Å²) in [5.41, 5.74) is 17.0. The van der Waals surface area contributed by atoms with Crippen molar-refractivity contribution in [1.29, 1.82) is 0 Å². The first-order chi connectivity index (χ1) is 30.1. The molecule has 62 heavy (non-hydrogen) atoms. The summed E-state index contributed by atoms with van der Waals surface area (Å²) in [6.07, 6.45) is 12.8. The minimum Gasteiger partial charge on any atom is -0.508 e. The molecule has 0 radical (unpaired) electrons. The van der Waals surface area contributed by atoms with E-state index in [1.165, 1.54) is 18.1 Å². The van der Waals surface area contributed by atoms with Gasteiger partial charge in [-0.1, -0.05) is 66.6 Å². The van der Waals surface area contributed by atoms with Crippen molar-refractivity contribution < 1.29 is 34.0 Å². The number of likely N-dealkylation sites (N-methyl/N-ethyl adjacent to an activating group) is 1. The Balaban J connectivity index is 1.24. The summed E-state index contributed by atoms with van der Waals surface area (Å²) < 4.78 is 25.8. The molecular formula is C52H53N3O7. The van der Waals surface area contributed by atoms with Crippen LogP contribution in [0.3, 0.4) is 0 Å². The second-order valence-corrected chi connectivity index (χ2v) is 17.7. The summed E-state index contributed by atoms with van der Waals surface area (Å²) in [6, 6.07) is 20.2. The van der Waals surface area contributed by atoms with E-state index in [0.717, 1.165) is 82.5 Å². The van der Waals surface area contributed by atoms with Gasteiger partial charge >= 0.3 is 5.97 Å². The Bertz CT molecular complexity index is 2620. The van der Waals surface area contributed by atoms with E-state index in [1.54, 1.807) is 19.2 Å². The number of carbonyl (C=O) groups excluding carboxylic acids is 1. The average molecular weight is 832 g/mol. The number of hydrogen-bond donors (Lipinski definition) is 5. The van der Waals surface area contributed by atoms with Crippen molar-refractivity contribution in [2.24, 2.45) is 17.6 Å². The van der Waals surface area contributed by atoms with Crippen molar-refractivity contribution in [2.75, 3.05) is 27.4 Å². The third-order valence-corrected chi connectivity index (χ3v) is 14.1. The molecule has 1 fully saturated rings. The molecular weight excluding hydrogens is 779 g/mol. The number of carbonyl (C=O) groups is 1. The molecule has 1 spiro atoms. The minimum atomic E-state index is -0.624. The van der Waals surface area contributed by atoms with Gasteiger partial charge in [-0.2, -0.15) is 0 Å². The first kappa shape index (κ1) is 40.0. The second kappa shape index (κ2) is 16.0. The van der Waals surface area contributed by atoms with Gasteiger partial charge in [0.25, 0.3) is 0 Å². The molecule has 2 aliphatic carbocycles. The van der Waals surface area contributed by atoms with Gasteiger partial charge in [0.05, 0.1) is 30.9 Å². The standard InChI is InChI=1S/C52H53N3O7/c1-29(56)60-28-41-38-16-17-39-46-33(22-35(57)24-44(46)59-3)26-52-21-20-32(25-52)36(14-12-30-8-5-4-6-9-30)37-18-19-45(53)55-42(37)11-7-10-31-23-43(58)49-40(15-13-34(54-2)27-61-49)47(31)50(41)62-51(38)48(39)52/h4-6,8-9,13,15-19,22-24,32,34,36,41,45,50,54-55,57-58H,10,12,14,20-21,25-28,53H2,1-3H3. The molecule has 10 heteroatoms.